The van der Waals surface area contributed by atoms with Crippen molar-refractivity contribution in [1.82, 2.24) is 4.98 Å². The molecule has 0 radical (unpaired) electrons. The van der Waals surface area contributed by atoms with E-state index in [4.69, 9.17) is 19.2 Å². The Morgan fingerprint density at radius 3 is 2.71 bits per heavy atom. The van der Waals surface area contributed by atoms with E-state index in [2.05, 4.69) is 4.98 Å². The van der Waals surface area contributed by atoms with Crippen LogP contribution in [0.25, 0.3) is 11.3 Å². The van der Waals surface area contributed by atoms with Gasteiger partial charge in [0.25, 0.3) is 0 Å². The molecule has 0 saturated carbocycles. The molecule has 0 unspecified atom stereocenters. The Hall–Kier alpha value is -2.48. The number of methoxy groups -OCH3 is 2. The molecule has 0 bridgehead atoms. The molecule has 1 aromatic carbocycles. The van der Waals surface area contributed by atoms with Gasteiger partial charge < -0.3 is 13.9 Å². The normalized spacial score (nSPS) is 9.71. The van der Waals surface area contributed by atoms with E-state index in [1.807, 2.05) is 6.07 Å². The van der Waals surface area contributed by atoms with E-state index in [1.54, 1.807) is 32.4 Å². The second kappa shape index (κ2) is 4.58. The van der Waals surface area contributed by atoms with Crippen LogP contribution in [0.5, 0.6) is 11.5 Å². The van der Waals surface area contributed by atoms with Crippen LogP contribution in [0.1, 0.15) is 5.89 Å². The molecule has 2 aromatic rings. The predicted molar refractivity (Wildman–Crippen MR) is 59.8 cm³/mol. The van der Waals surface area contributed by atoms with Crippen molar-refractivity contribution in [3.8, 4) is 28.9 Å². The Morgan fingerprint density at radius 2 is 2.12 bits per heavy atom. The predicted octanol–water partition coefficient (Wildman–Crippen LogP) is 2.23. The Balaban J connectivity index is 2.52. The first kappa shape index (κ1) is 11.0. The second-order valence-corrected chi connectivity index (χ2v) is 3.21. The summed E-state index contributed by atoms with van der Waals surface area (Å²) in [5, 5.41) is 8.66. The standard InChI is InChI=1S/C12H10N2O3/c1-15-8-3-4-10(16-2)9(5-8)11-7-14-12(6-13)17-11/h3-5,7H,1-2H3. The van der Waals surface area contributed by atoms with Crippen molar-refractivity contribution in [2.75, 3.05) is 14.2 Å². The summed E-state index contributed by atoms with van der Waals surface area (Å²) >= 11 is 0. The molecule has 1 aromatic heterocycles. The van der Waals surface area contributed by atoms with E-state index in [9.17, 15) is 0 Å². The molecule has 0 saturated heterocycles. The van der Waals surface area contributed by atoms with Gasteiger partial charge in [-0.3, -0.25) is 0 Å². The lowest BCUT2D eigenvalue weighted by Gasteiger charge is -2.07. The third-order valence-electron chi connectivity index (χ3n) is 2.27. The summed E-state index contributed by atoms with van der Waals surface area (Å²) < 4.78 is 15.6. The highest BCUT2D eigenvalue weighted by Crippen LogP contribution is 2.33. The number of nitrogens with zero attached hydrogens (tertiary/aromatic N) is 2. The fourth-order valence-corrected chi connectivity index (χ4v) is 1.46. The van der Waals surface area contributed by atoms with Crippen LogP contribution in [-0.4, -0.2) is 19.2 Å². The van der Waals surface area contributed by atoms with E-state index in [0.717, 1.165) is 0 Å². The van der Waals surface area contributed by atoms with E-state index < -0.39 is 0 Å². The molecule has 0 aliphatic carbocycles. The summed E-state index contributed by atoms with van der Waals surface area (Å²) in [7, 11) is 3.14. The van der Waals surface area contributed by atoms with Gasteiger partial charge in [-0.05, 0) is 18.2 Å². The summed E-state index contributed by atoms with van der Waals surface area (Å²) in [6.07, 6.45) is 1.48. The molecule has 0 spiro atoms. The lowest BCUT2D eigenvalue weighted by Crippen LogP contribution is -1.89. The van der Waals surface area contributed by atoms with Crippen LogP contribution in [0, 0.1) is 11.3 Å². The molecule has 86 valence electrons. The second-order valence-electron chi connectivity index (χ2n) is 3.21. The average molecular weight is 230 g/mol. The van der Waals surface area contributed by atoms with Crippen LogP contribution in [-0.2, 0) is 0 Å². The number of oxazole rings is 1. The van der Waals surface area contributed by atoms with Gasteiger partial charge in [-0.2, -0.15) is 5.26 Å². The minimum absolute atomic E-state index is 0.0184. The molecule has 0 N–H and O–H groups in total. The molecule has 1 heterocycles. The first-order valence-corrected chi connectivity index (χ1v) is 4.87. The Bertz CT molecular complexity index is 569. The van der Waals surface area contributed by atoms with Crippen molar-refractivity contribution in [2.45, 2.75) is 0 Å². The summed E-state index contributed by atoms with van der Waals surface area (Å²) in [5.74, 6) is 1.80. The smallest absolute Gasteiger partial charge is 0.301 e. The minimum atomic E-state index is 0.0184. The maximum Gasteiger partial charge on any atom is 0.301 e. The first-order valence-electron chi connectivity index (χ1n) is 4.87. The number of ether oxygens (including phenoxy) is 2. The van der Waals surface area contributed by atoms with E-state index in [1.165, 1.54) is 6.20 Å². The first-order chi connectivity index (χ1) is 8.28. The third-order valence-corrected chi connectivity index (χ3v) is 2.27. The Morgan fingerprint density at radius 1 is 1.29 bits per heavy atom. The van der Waals surface area contributed by atoms with Crippen LogP contribution in [0.2, 0.25) is 0 Å². The van der Waals surface area contributed by atoms with Crippen molar-refractivity contribution in [3.63, 3.8) is 0 Å². The fraction of sp³-hybridized carbons (Fsp3) is 0.167. The number of hydrogen-bond acceptors (Lipinski definition) is 5. The van der Waals surface area contributed by atoms with Crippen molar-refractivity contribution in [2.24, 2.45) is 0 Å². The quantitative estimate of drug-likeness (QED) is 0.808. The molecule has 17 heavy (non-hydrogen) atoms. The van der Waals surface area contributed by atoms with Gasteiger partial charge in [-0.15, -0.1) is 0 Å². The highest BCUT2D eigenvalue weighted by molar-refractivity contribution is 5.67. The van der Waals surface area contributed by atoms with Crippen LogP contribution in [0.15, 0.2) is 28.8 Å². The molecule has 0 aliphatic heterocycles. The molecule has 2 rings (SSSR count). The van der Waals surface area contributed by atoms with Gasteiger partial charge in [0, 0.05) is 0 Å². The number of hydrogen-bond donors (Lipinski definition) is 0. The number of benzene rings is 1. The van der Waals surface area contributed by atoms with Gasteiger partial charge in [0.1, 0.15) is 11.5 Å². The van der Waals surface area contributed by atoms with Crippen molar-refractivity contribution in [1.29, 1.82) is 5.26 Å². The van der Waals surface area contributed by atoms with Gasteiger partial charge >= 0.3 is 5.89 Å². The zero-order chi connectivity index (χ0) is 12.3. The number of rotatable bonds is 3. The summed E-state index contributed by atoms with van der Waals surface area (Å²) in [4.78, 5) is 3.82. The lowest BCUT2D eigenvalue weighted by molar-refractivity contribution is 0.403. The lowest BCUT2D eigenvalue weighted by atomic mass is 10.1. The van der Waals surface area contributed by atoms with Crippen LogP contribution >= 0.6 is 0 Å². The largest absolute Gasteiger partial charge is 0.497 e. The Kier molecular flexibility index (Phi) is 2.97. The SMILES string of the molecule is COc1ccc(OC)c(-c2cnc(C#N)o2)c1. The zero-order valence-electron chi connectivity index (χ0n) is 9.43. The zero-order valence-corrected chi connectivity index (χ0v) is 9.43. The van der Waals surface area contributed by atoms with Gasteiger partial charge in [0.05, 0.1) is 26.0 Å². The highest BCUT2D eigenvalue weighted by Gasteiger charge is 2.12. The topological polar surface area (TPSA) is 68.3 Å². The summed E-state index contributed by atoms with van der Waals surface area (Å²) in [6, 6.07) is 7.15. The fourth-order valence-electron chi connectivity index (χ4n) is 1.46. The molecule has 0 amide bonds. The maximum atomic E-state index is 8.66. The van der Waals surface area contributed by atoms with Gasteiger partial charge in [0.15, 0.2) is 11.8 Å². The van der Waals surface area contributed by atoms with Crippen molar-refractivity contribution >= 4 is 0 Å². The maximum absolute atomic E-state index is 8.66. The number of nitriles is 1. The van der Waals surface area contributed by atoms with E-state index >= 15 is 0 Å². The minimum Gasteiger partial charge on any atom is -0.497 e. The van der Waals surface area contributed by atoms with E-state index in [0.29, 0.717) is 22.8 Å². The summed E-state index contributed by atoms with van der Waals surface area (Å²) in [6.45, 7) is 0. The average Bonchev–Trinajstić information content (AvgIpc) is 2.86. The highest BCUT2D eigenvalue weighted by atomic mass is 16.5. The molecular weight excluding hydrogens is 220 g/mol. The number of aromatic nitrogens is 1. The molecular formula is C12H10N2O3. The third kappa shape index (κ3) is 2.06. The van der Waals surface area contributed by atoms with Crippen LogP contribution in [0.4, 0.5) is 0 Å². The van der Waals surface area contributed by atoms with Crippen LogP contribution in [0.3, 0.4) is 0 Å². The molecule has 0 atom stereocenters. The molecule has 5 heteroatoms. The molecule has 5 nitrogen and oxygen atoms in total. The van der Waals surface area contributed by atoms with Crippen LogP contribution < -0.4 is 9.47 Å². The van der Waals surface area contributed by atoms with Gasteiger partial charge in [-0.25, -0.2) is 4.98 Å². The van der Waals surface area contributed by atoms with E-state index in [-0.39, 0.29) is 5.89 Å². The summed E-state index contributed by atoms with van der Waals surface area (Å²) in [5.41, 5.74) is 0.695. The monoisotopic (exact) mass is 230 g/mol. The van der Waals surface area contributed by atoms with Crippen molar-refractivity contribution < 1.29 is 13.9 Å². The van der Waals surface area contributed by atoms with Crippen molar-refractivity contribution in [3.05, 3.63) is 30.3 Å². The Labute approximate surface area is 98.2 Å². The molecule has 0 aliphatic rings. The molecule has 0 fully saturated rings. The van der Waals surface area contributed by atoms with Gasteiger partial charge in [-0.1, -0.05) is 0 Å². The van der Waals surface area contributed by atoms with Gasteiger partial charge in [0.2, 0.25) is 0 Å².